The number of hydrogen-bond donors (Lipinski definition) is 2. The molecule has 1 unspecified atom stereocenters. The normalized spacial score (nSPS) is 23.5. The molecule has 1 atom stereocenters. The maximum absolute atomic E-state index is 12.0. The molecule has 0 bridgehead atoms. The second-order valence-corrected chi connectivity index (χ2v) is 6.15. The molecular weight excluding hydrogens is 228 g/mol. The topological polar surface area (TPSA) is 69.6 Å². The largest absolute Gasteiger partial charge is 0.395 e. The predicted octanol–water partition coefficient (Wildman–Crippen LogP) is -0.227. The lowest BCUT2D eigenvalue weighted by Crippen LogP contribution is -2.47. The summed E-state index contributed by atoms with van der Waals surface area (Å²) in [5.74, 6) is 0.122. The van der Waals surface area contributed by atoms with Crippen LogP contribution in [-0.4, -0.2) is 55.9 Å². The van der Waals surface area contributed by atoms with Gasteiger partial charge in [-0.15, -0.1) is 0 Å². The molecule has 96 valence electrons. The van der Waals surface area contributed by atoms with Crippen molar-refractivity contribution in [3.8, 4) is 0 Å². The Bertz CT molecular complexity index is 292. The maximum atomic E-state index is 12.0. The molecule has 0 aromatic carbocycles. The Labute approximate surface area is 97.9 Å². The number of aliphatic hydroxyl groups excluding tert-OH is 1. The fraction of sp³-hybridized carbons (Fsp3) is 1.00. The summed E-state index contributed by atoms with van der Waals surface area (Å²) < 4.78 is 25.5. The van der Waals surface area contributed by atoms with Gasteiger partial charge in [0.05, 0.1) is 12.4 Å². The summed E-state index contributed by atoms with van der Waals surface area (Å²) in [7, 11) is -3.21. The highest BCUT2D eigenvalue weighted by atomic mass is 32.2. The van der Waals surface area contributed by atoms with Gasteiger partial charge in [0.2, 0.25) is 10.0 Å². The Hall–Kier alpha value is -0.170. The van der Waals surface area contributed by atoms with Crippen LogP contribution in [0.1, 0.15) is 26.2 Å². The standard InChI is InChI=1S/C10H22N2O3S/c1-2-11-6-8-16(14,15)12-7-4-3-5-10(12)9-13/h10-11,13H,2-9H2,1H3. The van der Waals surface area contributed by atoms with E-state index in [1.54, 1.807) is 0 Å². The molecule has 0 spiro atoms. The van der Waals surface area contributed by atoms with Crippen LogP contribution in [-0.2, 0) is 10.0 Å². The molecule has 1 heterocycles. The zero-order valence-electron chi connectivity index (χ0n) is 9.85. The Kier molecular flexibility index (Phi) is 5.68. The van der Waals surface area contributed by atoms with Gasteiger partial charge >= 0.3 is 0 Å². The molecule has 1 saturated heterocycles. The fourth-order valence-corrected chi connectivity index (χ4v) is 3.69. The highest BCUT2D eigenvalue weighted by Gasteiger charge is 2.31. The molecule has 0 saturated carbocycles. The lowest BCUT2D eigenvalue weighted by atomic mass is 10.1. The lowest BCUT2D eigenvalue weighted by Gasteiger charge is -2.33. The fourth-order valence-electron chi connectivity index (χ4n) is 2.02. The number of hydrogen-bond acceptors (Lipinski definition) is 4. The van der Waals surface area contributed by atoms with Crippen LogP contribution in [0.2, 0.25) is 0 Å². The minimum atomic E-state index is -3.21. The second-order valence-electron chi connectivity index (χ2n) is 4.11. The van der Waals surface area contributed by atoms with Crippen molar-refractivity contribution in [3.05, 3.63) is 0 Å². The van der Waals surface area contributed by atoms with Gasteiger partial charge in [-0.1, -0.05) is 13.3 Å². The van der Waals surface area contributed by atoms with Crippen molar-refractivity contribution >= 4 is 10.0 Å². The van der Waals surface area contributed by atoms with E-state index in [1.807, 2.05) is 6.92 Å². The van der Waals surface area contributed by atoms with Gasteiger partial charge in [0.25, 0.3) is 0 Å². The molecule has 0 radical (unpaired) electrons. The Morgan fingerprint density at radius 3 is 2.81 bits per heavy atom. The SMILES string of the molecule is CCNCCS(=O)(=O)N1CCCCC1CO. The molecule has 5 nitrogen and oxygen atoms in total. The van der Waals surface area contributed by atoms with Crippen LogP contribution in [0.25, 0.3) is 0 Å². The number of aliphatic hydroxyl groups is 1. The zero-order valence-corrected chi connectivity index (χ0v) is 10.7. The monoisotopic (exact) mass is 250 g/mol. The van der Waals surface area contributed by atoms with Gasteiger partial charge in [0.1, 0.15) is 0 Å². The third-order valence-corrected chi connectivity index (χ3v) is 4.84. The van der Waals surface area contributed by atoms with Gasteiger partial charge in [0, 0.05) is 19.1 Å². The van der Waals surface area contributed by atoms with E-state index in [0.29, 0.717) is 13.1 Å². The van der Waals surface area contributed by atoms with Crippen molar-refractivity contribution in [2.24, 2.45) is 0 Å². The van der Waals surface area contributed by atoms with Crippen LogP contribution in [0.4, 0.5) is 0 Å². The van der Waals surface area contributed by atoms with Crippen molar-refractivity contribution < 1.29 is 13.5 Å². The van der Waals surface area contributed by atoms with E-state index in [1.165, 1.54) is 4.31 Å². The van der Waals surface area contributed by atoms with Crippen molar-refractivity contribution in [1.29, 1.82) is 0 Å². The first kappa shape index (κ1) is 13.9. The Morgan fingerprint density at radius 1 is 1.44 bits per heavy atom. The molecule has 6 heteroatoms. The highest BCUT2D eigenvalue weighted by Crippen LogP contribution is 2.20. The van der Waals surface area contributed by atoms with E-state index in [9.17, 15) is 13.5 Å². The summed E-state index contributed by atoms with van der Waals surface area (Å²) in [6.45, 7) is 3.69. The number of sulfonamides is 1. The van der Waals surface area contributed by atoms with Crippen molar-refractivity contribution in [2.75, 3.05) is 32.0 Å². The van der Waals surface area contributed by atoms with Gasteiger partial charge in [-0.25, -0.2) is 8.42 Å². The summed E-state index contributed by atoms with van der Waals surface area (Å²) in [6, 6.07) is -0.208. The van der Waals surface area contributed by atoms with Crippen LogP contribution in [0, 0.1) is 0 Å². The van der Waals surface area contributed by atoms with Gasteiger partial charge < -0.3 is 10.4 Å². The highest BCUT2D eigenvalue weighted by molar-refractivity contribution is 7.89. The lowest BCUT2D eigenvalue weighted by molar-refractivity contribution is 0.155. The first-order valence-corrected chi connectivity index (χ1v) is 7.54. The average molecular weight is 250 g/mol. The first-order valence-electron chi connectivity index (χ1n) is 5.93. The quantitative estimate of drug-likeness (QED) is 0.639. The maximum Gasteiger partial charge on any atom is 0.215 e. The summed E-state index contributed by atoms with van der Waals surface area (Å²) in [5.41, 5.74) is 0. The molecule has 1 aliphatic rings. The number of nitrogens with one attached hydrogen (secondary N) is 1. The number of rotatable bonds is 6. The van der Waals surface area contributed by atoms with Crippen LogP contribution >= 0.6 is 0 Å². The van der Waals surface area contributed by atoms with Crippen molar-refractivity contribution in [3.63, 3.8) is 0 Å². The van der Waals surface area contributed by atoms with Crippen LogP contribution in [0.15, 0.2) is 0 Å². The summed E-state index contributed by atoms with van der Waals surface area (Å²) >= 11 is 0. The molecule has 1 rings (SSSR count). The summed E-state index contributed by atoms with van der Waals surface area (Å²) in [5, 5.41) is 12.2. The van der Waals surface area contributed by atoms with E-state index in [0.717, 1.165) is 25.8 Å². The number of piperidine rings is 1. The first-order chi connectivity index (χ1) is 7.61. The molecule has 0 aliphatic carbocycles. The van der Waals surface area contributed by atoms with Gasteiger partial charge in [-0.05, 0) is 19.4 Å². The number of nitrogens with zero attached hydrogens (tertiary/aromatic N) is 1. The molecular formula is C10H22N2O3S. The van der Waals surface area contributed by atoms with E-state index in [2.05, 4.69) is 5.32 Å². The van der Waals surface area contributed by atoms with E-state index >= 15 is 0 Å². The molecule has 2 N–H and O–H groups in total. The van der Waals surface area contributed by atoms with E-state index < -0.39 is 10.0 Å². The van der Waals surface area contributed by atoms with Crippen molar-refractivity contribution in [1.82, 2.24) is 9.62 Å². The van der Waals surface area contributed by atoms with Crippen LogP contribution in [0.3, 0.4) is 0 Å². The molecule has 0 aromatic heterocycles. The van der Waals surface area contributed by atoms with Crippen LogP contribution in [0.5, 0.6) is 0 Å². The molecule has 1 aliphatic heterocycles. The van der Waals surface area contributed by atoms with E-state index in [-0.39, 0.29) is 18.4 Å². The summed E-state index contributed by atoms with van der Waals surface area (Å²) in [6.07, 6.45) is 2.68. The molecule has 1 fully saturated rings. The Morgan fingerprint density at radius 2 is 2.19 bits per heavy atom. The third kappa shape index (κ3) is 3.69. The minimum Gasteiger partial charge on any atom is -0.395 e. The molecule has 16 heavy (non-hydrogen) atoms. The van der Waals surface area contributed by atoms with Crippen molar-refractivity contribution in [2.45, 2.75) is 32.2 Å². The van der Waals surface area contributed by atoms with Gasteiger partial charge in [-0.2, -0.15) is 4.31 Å². The van der Waals surface area contributed by atoms with Gasteiger partial charge in [-0.3, -0.25) is 0 Å². The summed E-state index contributed by atoms with van der Waals surface area (Å²) in [4.78, 5) is 0. The zero-order chi connectivity index (χ0) is 12.0. The van der Waals surface area contributed by atoms with E-state index in [4.69, 9.17) is 0 Å². The van der Waals surface area contributed by atoms with Crippen LogP contribution < -0.4 is 5.32 Å². The minimum absolute atomic E-state index is 0.0690. The molecule has 0 aromatic rings. The van der Waals surface area contributed by atoms with Gasteiger partial charge in [0.15, 0.2) is 0 Å². The predicted molar refractivity (Wildman–Crippen MR) is 63.8 cm³/mol. The second kappa shape index (κ2) is 6.54. The Balaban J connectivity index is 2.57. The molecule has 0 amide bonds. The average Bonchev–Trinajstić information content (AvgIpc) is 2.29. The third-order valence-electron chi connectivity index (χ3n) is 2.93. The smallest absolute Gasteiger partial charge is 0.215 e.